The standard InChI is InChI=1S/C8H18.C7H9N.C4H10.C3H6O/c1-4-5-6-7-8(2)3;1-6-3-2-4-7(8)5-6;1-4(2)3;1-3(2)4/h8H,4-7H2,1-3H3;2-5H,8H2,1H3;4H,1-3H3;1-2H3. The van der Waals surface area contributed by atoms with E-state index in [0.29, 0.717) is 0 Å². The van der Waals surface area contributed by atoms with Crippen molar-refractivity contribution in [2.24, 2.45) is 11.8 Å². The first kappa shape index (κ1) is 27.5. The molecule has 0 aliphatic carbocycles. The molecule has 0 saturated carbocycles. The normalized spacial score (nSPS) is 9.12. The van der Waals surface area contributed by atoms with Crippen molar-refractivity contribution in [2.45, 2.75) is 88.0 Å². The van der Waals surface area contributed by atoms with E-state index in [-0.39, 0.29) is 5.78 Å². The van der Waals surface area contributed by atoms with Crippen molar-refractivity contribution >= 4 is 11.5 Å². The van der Waals surface area contributed by atoms with Gasteiger partial charge < -0.3 is 10.5 Å². The second-order valence-electron chi connectivity index (χ2n) is 7.44. The summed E-state index contributed by atoms with van der Waals surface area (Å²) < 4.78 is 0. The van der Waals surface area contributed by atoms with Gasteiger partial charge in [0, 0.05) is 5.69 Å². The van der Waals surface area contributed by atoms with E-state index < -0.39 is 0 Å². The molecule has 0 amide bonds. The van der Waals surface area contributed by atoms with Crippen LogP contribution in [0.15, 0.2) is 24.3 Å². The number of rotatable bonds is 4. The van der Waals surface area contributed by atoms with Crippen LogP contribution in [0.25, 0.3) is 0 Å². The minimum absolute atomic E-state index is 0.167. The average Bonchev–Trinajstić information content (AvgIpc) is 2.37. The lowest BCUT2D eigenvalue weighted by atomic mass is 10.1. The zero-order valence-corrected chi connectivity index (χ0v) is 17.8. The van der Waals surface area contributed by atoms with Crippen molar-refractivity contribution in [2.75, 3.05) is 5.73 Å². The zero-order chi connectivity index (χ0) is 19.5. The summed E-state index contributed by atoms with van der Waals surface area (Å²) >= 11 is 0. The monoisotopic (exact) mass is 337 g/mol. The van der Waals surface area contributed by atoms with Gasteiger partial charge in [-0.25, -0.2) is 0 Å². The molecule has 0 spiro atoms. The van der Waals surface area contributed by atoms with Crippen molar-refractivity contribution in [1.29, 1.82) is 0 Å². The van der Waals surface area contributed by atoms with Gasteiger partial charge in [0.05, 0.1) is 0 Å². The molecule has 142 valence electrons. The largest absolute Gasteiger partial charge is 0.399 e. The predicted octanol–water partition coefficient (Wildman–Crippen LogP) is 7.06. The molecule has 24 heavy (non-hydrogen) atoms. The highest BCUT2D eigenvalue weighted by molar-refractivity contribution is 5.72. The second-order valence-corrected chi connectivity index (χ2v) is 7.44. The third-order valence-electron chi connectivity index (χ3n) is 2.43. The van der Waals surface area contributed by atoms with E-state index in [2.05, 4.69) is 41.5 Å². The van der Waals surface area contributed by atoms with E-state index >= 15 is 0 Å². The van der Waals surface area contributed by atoms with E-state index in [9.17, 15) is 4.79 Å². The molecule has 0 fully saturated rings. The minimum Gasteiger partial charge on any atom is -0.399 e. The maximum absolute atomic E-state index is 9.44. The van der Waals surface area contributed by atoms with Gasteiger partial charge in [-0.3, -0.25) is 0 Å². The highest BCUT2D eigenvalue weighted by atomic mass is 16.1. The van der Waals surface area contributed by atoms with Crippen molar-refractivity contribution in [3.8, 4) is 0 Å². The zero-order valence-electron chi connectivity index (χ0n) is 17.8. The van der Waals surface area contributed by atoms with Crippen LogP contribution in [-0.4, -0.2) is 5.78 Å². The summed E-state index contributed by atoms with van der Waals surface area (Å²) in [7, 11) is 0. The molecule has 0 unspecified atom stereocenters. The Morgan fingerprint density at radius 1 is 1.04 bits per heavy atom. The summed E-state index contributed by atoms with van der Waals surface area (Å²) in [6.07, 6.45) is 5.60. The number of Topliss-reactive ketones (excluding diaryl/α,β-unsaturated/α-hetero) is 1. The molecule has 0 atom stereocenters. The second kappa shape index (κ2) is 19.7. The van der Waals surface area contributed by atoms with E-state index in [0.717, 1.165) is 17.5 Å². The molecule has 2 N–H and O–H groups in total. The Hall–Kier alpha value is -1.31. The number of carbonyl (C=O) groups is 1. The van der Waals surface area contributed by atoms with Gasteiger partial charge in [0.1, 0.15) is 5.78 Å². The van der Waals surface area contributed by atoms with Crippen LogP contribution < -0.4 is 5.73 Å². The molecule has 1 rings (SSSR count). The Kier molecular flexibility index (Phi) is 22.6. The van der Waals surface area contributed by atoms with Crippen LogP contribution in [0.5, 0.6) is 0 Å². The maximum atomic E-state index is 9.44. The van der Waals surface area contributed by atoms with Crippen LogP contribution in [0.2, 0.25) is 0 Å². The number of hydrogen-bond donors (Lipinski definition) is 1. The van der Waals surface area contributed by atoms with Crippen molar-refractivity contribution in [3.63, 3.8) is 0 Å². The highest BCUT2D eigenvalue weighted by Crippen LogP contribution is 2.06. The first-order chi connectivity index (χ1) is 11.0. The Morgan fingerprint density at radius 3 is 1.75 bits per heavy atom. The number of unbranched alkanes of at least 4 members (excludes halogenated alkanes) is 2. The lowest BCUT2D eigenvalue weighted by Gasteiger charge is -2.00. The number of carbonyl (C=O) groups excluding carboxylic acids is 1. The number of nitrogens with two attached hydrogens (primary N) is 1. The van der Waals surface area contributed by atoms with Crippen molar-refractivity contribution < 1.29 is 4.79 Å². The molecule has 2 nitrogen and oxygen atoms in total. The molecule has 1 aromatic rings. The third-order valence-corrected chi connectivity index (χ3v) is 2.43. The first-order valence-electron chi connectivity index (χ1n) is 9.32. The van der Waals surface area contributed by atoms with Gasteiger partial charge in [-0.05, 0) is 50.3 Å². The fraction of sp³-hybridized carbons (Fsp3) is 0.682. The van der Waals surface area contributed by atoms with E-state index in [1.165, 1.54) is 45.1 Å². The molecule has 0 saturated heterocycles. The van der Waals surface area contributed by atoms with Gasteiger partial charge in [0.15, 0.2) is 0 Å². The smallest absolute Gasteiger partial charge is 0.126 e. The summed E-state index contributed by atoms with van der Waals surface area (Å²) in [5, 5.41) is 0. The molecule has 0 aliphatic rings. The maximum Gasteiger partial charge on any atom is 0.126 e. The van der Waals surface area contributed by atoms with Gasteiger partial charge in [0.2, 0.25) is 0 Å². The Morgan fingerprint density at radius 2 is 1.50 bits per heavy atom. The van der Waals surface area contributed by atoms with Crippen LogP contribution >= 0.6 is 0 Å². The van der Waals surface area contributed by atoms with Crippen LogP contribution in [0.1, 0.15) is 86.6 Å². The molecule has 0 aromatic heterocycles. The highest BCUT2D eigenvalue weighted by Gasteiger charge is 1.90. The van der Waals surface area contributed by atoms with Gasteiger partial charge in [0.25, 0.3) is 0 Å². The predicted molar refractivity (Wildman–Crippen MR) is 111 cm³/mol. The molecular weight excluding hydrogens is 294 g/mol. The topological polar surface area (TPSA) is 43.1 Å². The fourth-order valence-electron chi connectivity index (χ4n) is 1.47. The molecular formula is C22H43NO. The summed E-state index contributed by atoms with van der Waals surface area (Å²) in [5.41, 5.74) is 7.51. The van der Waals surface area contributed by atoms with Crippen molar-refractivity contribution in [1.82, 2.24) is 0 Å². The summed E-state index contributed by atoms with van der Waals surface area (Å²) in [6.45, 7) is 18.4. The van der Waals surface area contributed by atoms with Gasteiger partial charge in [-0.15, -0.1) is 0 Å². The number of benzene rings is 1. The Labute approximate surface area is 152 Å². The number of aryl methyl sites for hydroxylation is 1. The van der Waals surface area contributed by atoms with Crippen LogP contribution in [0, 0.1) is 18.8 Å². The minimum atomic E-state index is 0.167. The van der Waals surface area contributed by atoms with Gasteiger partial charge in [-0.1, -0.05) is 79.4 Å². The van der Waals surface area contributed by atoms with E-state index in [1.54, 1.807) is 0 Å². The lowest BCUT2D eigenvalue weighted by molar-refractivity contribution is -0.114. The molecule has 1 aromatic carbocycles. The SMILES string of the molecule is CC(C)=O.CC(C)C.CCCCCC(C)C.Cc1cccc(N)c1. The quantitative estimate of drug-likeness (QED) is 0.472. The molecule has 2 heteroatoms. The van der Waals surface area contributed by atoms with Crippen LogP contribution in [-0.2, 0) is 4.79 Å². The number of anilines is 1. The van der Waals surface area contributed by atoms with E-state index in [4.69, 9.17) is 5.73 Å². The van der Waals surface area contributed by atoms with Crippen LogP contribution in [0.3, 0.4) is 0 Å². The molecule has 0 radical (unpaired) electrons. The summed E-state index contributed by atoms with van der Waals surface area (Å²) in [6, 6.07) is 7.80. The van der Waals surface area contributed by atoms with Gasteiger partial charge >= 0.3 is 0 Å². The lowest BCUT2D eigenvalue weighted by Crippen LogP contribution is -1.85. The molecule has 0 aliphatic heterocycles. The third kappa shape index (κ3) is 42.8. The van der Waals surface area contributed by atoms with Crippen LogP contribution in [0.4, 0.5) is 5.69 Å². The Balaban J connectivity index is -0.000000260. The fourth-order valence-corrected chi connectivity index (χ4v) is 1.47. The van der Waals surface area contributed by atoms with Gasteiger partial charge in [-0.2, -0.15) is 0 Å². The summed E-state index contributed by atoms with van der Waals surface area (Å²) in [5.74, 6) is 1.90. The average molecular weight is 338 g/mol. The first-order valence-corrected chi connectivity index (χ1v) is 9.32. The molecule has 0 heterocycles. The Bertz CT molecular complexity index is 359. The number of nitrogen functional groups attached to an aromatic ring is 1. The van der Waals surface area contributed by atoms with E-state index in [1.807, 2.05) is 31.2 Å². The van der Waals surface area contributed by atoms with Crippen molar-refractivity contribution in [3.05, 3.63) is 29.8 Å². The molecule has 0 bridgehead atoms. The number of hydrogen-bond acceptors (Lipinski definition) is 2. The number of ketones is 1. The summed E-state index contributed by atoms with van der Waals surface area (Å²) in [4.78, 5) is 9.44.